The van der Waals surface area contributed by atoms with Crippen molar-refractivity contribution < 1.29 is 4.52 Å². The Kier molecular flexibility index (Phi) is 2.38. The molecule has 1 aromatic rings. The van der Waals surface area contributed by atoms with Gasteiger partial charge in [0, 0.05) is 0 Å². The van der Waals surface area contributed by atoms with E-state index in [0.717, 1.165) is 0 Å². The summed E-state index contributed by atoms with van der Waals surface area (Å²) in [5.41, 5.74) is 6.19. The average molecular weight is 170 g/mol. The van der Waals surface area contributed by atoms with Gasteiger partial charge < -0.3 is 10.3 Å². The Labute approximate surface area is 70.7 Å². The molecule has 0 radical (unpaired) electrons. The Hall–Kier alpha value is -1.03. The first-order valence-corrected chi connectivity index (χ1v) is 3.97. The van der Waals surface area contributed by atoms with Crippen molar-refractivity contribution in [1.82, 2.24) is 5.16 Å². The van der Waals surface area contributed by atoms with Crippen LogP contribution in [-0.2, 0) is 0 Å². The molecule has 1 heterocycles. The molecule has 3 N–H and O–H groups in total. The van der Waals surface area contributed by atoms with Gasteiger partial charge in [0.25, 0.3) is 5.56 Å². The largest absolute Gasteiger partial charge is 0.382 e. The number of H-pyrrole nitrogens is 1. The molecule has 0 aliphatic heterocycles. The molecule has 0 saturated carbocycles. The molecule has 1 aromatic heterocycles. The Bertz CT molecular complexity index is 311. The molecule has 4 heteroatoms. The fourth-order valence-corrected chi connectivity index (χ4v) is 0.987. The van der Waals surface area contributed by atoms with Gasteiger partial charge in [-0.15, -0.1) is 0 Å². The first kappa shape index (κ1) is 9.06. The highest BCUT2D eigenvalue weighted by Gasteiger charge is 2.18. The summed E-state index contributed by atoms with van der Waals surface area (Å²) in [5.74, 6) is 0.831. The van der Waals surface area contributed by atoms with E-state index in [0.29, 0.717) is 11.3 Å². The number of nitrogens with two attached hydrogens (primary N) is 1. The SMILES string of the molecule is Cc1c([C@@H](N)C(C)C)o[nH]c1=O. The lowest BCUT2D eigenvalue weighted by Crippen LogP contribution is -2.17. The van der Waals surface area contributed by atoms with Gasteiger partial charge in [-0.25, -0.2) is 0 Å². The van der Waals surface area contributed by atoms with Gasteiger partial charge in [-0.2, -0.15) is 5.16 Å². The second kappa shape index (κ2) is 3.15. The van der Waals surface area contributed by atoms with Crippen LogP contribution in [0.5, 0.6) is 0 Å². The summed E-state index contributed by atoms with van der Waals surface area (Å²) < 4.78 is 4.96. The Morgan fingerprint density at radius 3 is 2.42 bits per heavy atom. The number of rotatable bonds is 2. The van der Waals surface area contributed by atoms with Crippen LogP contribution >= 0.6 is 0 Å². The summed E-state index contributed by atoms with van der Waals surface area (Å²) in [7, 11) is 0. The summed E-state index contributed by atoms with van der Waals surface area (Å²) >= 11 is 0. The lowest BCUT2D eigenvalue weighted by molar-refractivity contribution is 0.328. The van der Waals surface area contributed by atoms with Crippen molar-refractivity contribution in [3.05, 3.63) is 21.7 Å². The monoisotopic (exact) mass is 170 g/mol. The van der Waals surface area contributed by atoms with Crippen LogP contribution in [0.4, 0.5) is 0 Å². The fourth-order valence-electron chi connectivity index (χ4n) is 0.987. The van der Waals surface area contributed by atoms with E-state index in [2.05, 4.69) is 5.16 Å². The normalized spacial score (nSPS) is 13.8. The summed E-state index contributed by atoms with van der Waals surface area (Å²) in [5, 5.41) is 2.26. The Morgan fingerprint density at radius 2 is 2.08 bits per heavy atom. The molecular weight excluding hydrogens is 156 g/mol. The van der Waals surface area contributed by atoms with Crippen molar-refractivity contribution in [1.29, 1.82) is 0 Å². The van der Waals surface area contributed by atoms with Crippen LogP contribution in [0.25, 0.3) is 0 Å². The predicted octanol–water partition coefficient (Wildman–Crippen LogP) is 0.932. The van der Waals surface area contributed by atoms with Crippen LogP contribution < -0.4 is 11.3 Å². The molecule has 68 valence electrons. The zero-order valence-electron chi connectivity index (χ0n) is 7.55. The van der Waals surface area contributed by atoms with Crippen molar-refractivity contribution in [2.75, 3.05) is 0 Å². The molecular formula is C8H14N2O2. The number of aromatic nitrogens is 1. The van der Waals surface area contributed by atoms with Gasteiger partial charge in [-0.3, -0.25) is 4.79 Å². The third-order valence-corrected chi connectivity index (χ3v) is 1.98. The van der Waals surface area contributed by atoms with E-state index >= 15 is 0 Å². The standard InChI is InChI=1S/C8H14N2O2/c1-4(2)6(9)7-5(3)8(11)10-12-7/h4,6H,9H2,1-3H3,(H,10,11)/t6-/m0/s1. The van der Waals surface area contributed by atoms with Crippen molar-refractivity contribution in [2.24, 2.45) is 11.7 Å². The van der Waals surface area contributed by atoms with Crippen LogP contribution in [-0.4, -0.2) is 5.16 Å². The third-order valence-electron chi connectivity index (χ3n) is 1.98. The van der Waals surface area contributed by atoms with Gasteiger partial charge in [-0.1, -0.05) is 13.8 Å². The van der Waals surface area contributed by atoms with Gasteiger partial charge in [0.05, 0.1) is 11.6 Å². The highest BCUT2D eigenvalue weighted by Crippen LogP contribution is 2.19. The van der Waals surface area contributed by atoms with E-state index in [9.17, 15) is 4.79 Å². The molecule has 0 unspecified atom stereocenters. The first-order valence-electron chi connectivity index (χ1n) is 3.97. The number of hydrogen-bond donors (Lipinski definition) is 2. The lowest BCUT2D eigenvalue weighted by Gasteiger charge is -2.11. The zero-order valence-corrected chi connectivity index (χ0v) is 7.55. The summed E-state index contributed by atoms with van der Waals surface area (Å²) in [4.78, 5) is 11.0. The fraction of sp³-hybridized carbons (Fsp3) is 0.625. The maximum Gasteiger partial charge on any atom is 0.283 e. The number of nitrogens with one attached hydrogen (secondary N) is 1. The first-order chi connectivity index (χ1) is 5.54. The van der Waals surface area contributed by atoms with E-state index in [4.69, 9.17) is 10.3 Å². The van der Waals surface area contributed by atoms with Crippen LogP contribution in [0.15, 0.2) is 9.32 Å². The minimum atomic E-state index is -0.205. The molecule has 0 amide bonds. The second-order valence-corrected chi connectivity index (χ2v) is 3.29. The van der Waals surface area contributed by atoms with Crippen molar-refractivity contribution >= 4 is 0 Å². The molecule has 0 saturated heterocycles. The molecule has 1 rings (SSSR count). The summed E-state index contributed by atoms with van der Waals surface area (Å²) in [6.45, 7) is 5.67. The topological polar surface area (TPSA) is 72.0 Å². The Balaban J connectivity index is 3.03. The molecule has 0 aliphatic rings. The highest BCUT2D eigenvalue weighted by atomic mass is 16.5. The second-order valence-electron chi connectivity index (χ2n) is 3.29. The molecule has 4 nitrogen and oxygen atoms in total. The van der Waals surface area contributed by atoms with Crippen molar-refractivity contribution in [3.8, 4) is 0 Å². The molecule has 0 spiro atoms. The quantitative estimate of drug-likeness (QED) is 0.693. The number of hydrogen-bond acceptors (Lipinski definition) is 3. The smallest absolute Gasteiger partial charge is 0.283 e. The van der Waals surface area contributed by atoms with Crippen molar-refractivity contribution in [3.63, 3.8) is 0 Å². The maximum absolute atomic E-state index is 11.0. The zero-order chi connectivity index (χ0) is 9.30. The third kappa shape index (κ3) is 1.43. The molecule has 12 heavy (non-hydrogen) atoms. The lowest BCUT2D eigenvalue weighted by atomic mass is 10.0. The van der Waals surface area contributed by atoms with E-state index in [1.54, 1.807) is 6.92 Å². The number of aromatic amines is 1. The van der Waals surface area contributed by atoms with Crippen LogP contribution in [0.1, 0.15) is 31.2 Å². The highest BCUT2D eigenvalue weighted by molar-refractivity contribution is 5.15. The van der Waals surface area contributed by atoms with E-state index in [-0.39, 0.29) is 17.5 Å². The van der Waals surface area contributed by atoms with Crippen LogP contribution in [0.3, 0.4) is 0 Å². The molecule has 0 bridgehead atoms. The van der Waals surface area contributed by atoms with Crippen LogP contribution in [0, 0.1) is 12.8 Å². The minimum Gasteiger partial charge on any atom is -0.382 e. The molecule has 0 aliphatic carbocycles. The van der Waals surface area contributed by atoms with Crippen LogP contribution in [0.2, 0.25) is 0 Å². The maximum atomic E-state index is 11.0. The average Bonchev–Trinajstić information content (AvgIpc) is 2.32. The van der Waals surface area contributed by atoms with Gasteiger partial charge in [0.1, 0.15) is 0 Å². The Morgan fingerprint density at radius 1 is 1.50 bits per heavy atom. The molecule has 0 fully saturated rings. The minimum absolute atomic E-state index is 0.193. The predicted molar refractivity (Wildman–Crippen MR) is 45.8 cm³/mol. The molecule has 0 aromatic carbocycles. The summed E-state index contributed by atoms with van der Waals surface area (Å²) in [6, 6.07) is -0.205. The van der Waals surface area contributed by atoms with E-state index in [1.807, 2.05) is 13.8 Å². The molecule has 1 atom stereocenters. The van der Waals surface area contributed by atoms with E-state index in [1.165, 1.54) is 0 Å². The van der Waals surface area contributed by atoms with Gasteiger partial charge >= 0.3 is 0 Å². The van der Waals surface area contributed by atoms with Crippen molar-refractivity contribution in [2.45, 2.75) is 26.8 Å². The van der Waals surface area contributed by atoms with E-state index < -0.39 is 0 Å². The van der Waals surface area contributed by atoms with Gasteiger partial charge in [-0.05, 0) is 12.8 Å². The summed E-state index contributed by atoms with van der Waals surface area (Å²) in [6.07, 6.45) is 0. The van der Waals surface area contributed by atoms with Gasteiger partial charge in [0.2, 0.25) is 0 Å². The van der Waals surface area contributed by atoms with Gasteiger partial charge in [0.15, 0.2) is 5.76 Å².